The first-order valence-electron chi connectivity index (χ1n) is 6.77. The molecule has 114 valence electrons. The van der Waals surface area contributed by atoms with Crippen LogP contribution in [0.3, 0.4) is 0 Å². The number of aromatic nitrogens is 1. The number of aliphatic hydroxyl groups excluding tert-OH is 1. The van der Waals surface area contributed by atoms with Crippen molar-refractivity contribution in [2.45, 2.75) is 37.8 Å². The Bertz CT molecular complexity index is 563. The summed E-state index contributed by atoms with van der Waals surface area (Å²) in [6.07, 6.45) is 3.64. The number of nitrogens with two attached hydrogens (primary N) is 1. The zero-order valence-electron chi connectivity index (χ0n) is 11.7. The highest BCUT2D eigenvalue weighted by atomic mass is 16.6. The van der Waals surface area contributed by atoms with Crippen molar-refractivity contribution in [3.63, 3.8) is 0 Å². The van der Waals surface area contributed by atoms with E-state index in [1.165, 1.54) is 4.90 Å². The van der Waals surface area contributed by atoms with Crippen molar-refractivity contribution in [2.75, 3.05) is 12.8 Å². The maximum absolute atomic E-state index is 12.5. The number of nitro groups is 1. The number of hydrogen-bond acceptors (Lipinski definition) is 6. The number of rotatable bonds is 3. The molecule has 21 heavy (non-hydrogen) atoms. The fourth-order valence-electron chi connectivity index (χ4n) is 2.62. The summed E-state index contributed by atoms with van der Waals surface area (Å²) < 4.78 is 0. The van der Waals surface area contributed by atoms with Gasteiger partial charge in [-0.3, -0.25) is 14.9 Å². The predicted octanol–water partition coefficient (Wildman–Crippen LogP) is 0.948. The molecule has 8 heteroatoms. The lowest BCUT2D eigenvalue weighted by Crippen LogP contribution is -2.46. The average molecular weight is 294 g/mol. The molecule has 1 aliphatic rings. The Morgan fingerprint density at radius 3 is 2.81 bits per heavy atom. The van der Waals surface area contributed by atoms with Crippen LogP contribution in [0.15, 0.2) is 12.3 Å². The second-order valence-electron chi connectivity index (χ2n) is 5.22. The van der Waals surface area contributed by atoms with Gasteiger partial charge in [-0.05, 0) is 12.8 Å². The normalized spacial score (nSPS) is 21.8. The Morgan fingerprint density at radius 2 is 2.19 bits per heavy atom. The summed E-state index contributed by atoms with van der Waals surface area (Å²) in [5.41, 5.74) is 5.35. The summed E-state index contributed by atoms with van der Waals surface area (Å²) in [5.74, 6) is -0.516. The standard InChI is InChI=1S/C13H18N4O4/c1-16(10-4-2-3-5-11(10)18)13(19)9-6-8(17(20)21)7-15-12(9)14/h6-7,10-11,18H,2-5H2,1H3,(H2,14,15). The van der Waals surface area contributed by atoms with Gasteiger partial charge in [0.05, 0.1) is 22.6 Å². The number of carbonyl (C=O) groups is 1. The van der Waals surface area contributed by atoms with Gasteiger partial charge in [-0.2, -0.15) is 0 Å². The van der Waals surface area contributed by atoms with E-state index in [1.54, 1.807) is 7.05 Å². The third-order valence-corrected chi connectivity index (χ3v) is 3.86. The lowest BCUT2D eigenvalue weighted by Gasteiger charge is -2.35. The van der Waals surface area contributed by atoms with E-state index in [9.17, 15) is 20.0 Å². The minimum absolute atomic E-state index is 0.00975. The van der Waals surface area contributed by atoms with Crippen molar-refractivity contribution in [2.24, 2.45) is 0 Å². The molecule has 0 spiro atoms. The van der Waals surface area contributed by atoms with Crippen LogP contribution in [0.25, 0.3) is 0 Å². The number of likely N-dealkylation sites (N-methyl/N-ethyl adjacent to an activating group) is 1. The van der Waals surface area contributed by atoms with Crippen LogP contribution in [0.5, 0.6) is 0 Å². The van der Waals surface area contributed by atoms with Crippen molar-refractivity contribution in [1.29, 1.82) is 0 Å². The number of nitrogen functional groups attached to an aromatic ring is 1. The maximum atomic E-state index is 12.5. The number of anilines is 1. The highest BCUT2D eigenvalue weighted by Gasteiger charge is 2.31. The second-order valence-corrected chi connectivity index (χ2v) is 5.22. The average Bonchev–Trinajstić information content (AvgIpc) is 2.46. The molecule has 1 fully saturated rings. The Hall–Kier alpha value is -2.22. The van der Waals surface area contributed by atoms with Gasteiger partial charge >= 0.3 is 0 Å². The van der Waals surface area contributed by atoms with E-state index < -0.39 is 16.9 Å². The summed E-state index contributed by atoms with van der Waals surface area (Å²) in [6.45, 7) is 0. The number of nitrogens with zero attached hydrogens (tertiary/aromatic N) is 3. The molecule has 0 bridgehead atoms. The monoisotopic (exact) mass is 294 g/mol. The van der Waals surface area contributed by atoms with E-state index in [4.69, 9.17) is 5.73 Å². The molecular formula is C13H18N4O4. The van der Waals surface area contributed by atoms with Gasteiger partial charge in [0.1, 0.15) is 12.0 Å². The quantitative estimate of drug-likeness (QED) is 0.632. The molecule has 0 radical (unpaired) electrons. The molecule has 1 amide bonds. The van der Waals surface area contributed by atoms with Crippen LogP contribution in [0.2, 0.25) is 0 Å². The summed E-state index contributed by atoms with van der Waals surface area (Å²) in [6, 6.07) is 0.820. The molecule has 1 aromatic heterocycles. The molecule has 0 aliphatic heterocycles. The first kappa shape index (κ1) is 15.2. The van der Waals surface area contributed by atoms with Crippen LogP contribution >= 0.6 is 0 Å². The van der Waals surface area contributed by atoms with Crippen molar-refractivity contribution in [1.82, 2.24) is 9.88 Å². The SMILES string of the molecule is CN(C(=O)c1cc([N+](=O)[O-])cnc1N)C1CCCCC1O. The fourth-order valence-corrected chi connectivity index (χ4v) is 2.62. The molecule has 2 unspecified atom stereocenters. The largest absolute Gasteiger partial charge is 0.391 e. The van der Waals surface area contributed by atoms with Crippen molar-refractivity contribution in [3.8, 4) is 0 Å². The van der Waals surface area contributed by atoms with Crippen LogP contribution in [-0.4, -0.2) is 45.0 Å². The predicted molar refractivity (Wildman–Crippen MR) is 75.7 cm³/mol. The van der Waals surface area contributed by atoms with Gasteiger partial charge in [0.15, 0.2) is 0 Å². The highest BCUT2D eigenvalue weighted by molar-refractivity contribution is 5.99. The van der Waals surface area contributed by atoms with Crippen LogP contribution in [0.1, 0.15) is 36.0 Å². The Balaban J connectivity index is 2.26. The smallest absolute Gasteiger partial charge is 0.288 e. The summed E-state index contributed by atoms with van der Waals surface area (Å²) in [7, 11) is 1.57. The number of hydrogen-bond donors (Lipinski definition) is 2. The zero-order valence-corrected chi connectivity index (χ0v) is 11.7. The molecule has 2 rings (SSSR count). The lowest BCUT2D eigenvalue weighted by molar-refractivity contribution is -0.385. The summed E-state index contributed by atoms with van der Waals surface area (Å²) in [4.78, 5) is 27.7. The van der Waals surface area contributed by atoms with E-state index in [-0.39, 0.29) is 23.1 Å². The fraction of sp³-hybridized carbons (Fsp3) is 0.538. The molecule has 1 saturated carbocycles. The van der Waals surface area contributed by atoms with Gasteiger partial charge in [0, 0.05) is 13.1 Å². The Labute approximate surface area is 121 Å². The molecule has 1 aromatic rings. The molecule has 2 atom stereocenters. The van der Waals surface area contributed by atoms with Gasteiger partial charge in [0.2, 0.25) is 0 Å². The molecule has 0 saturated heterocycles. The number of amides is 1. The number of pyridine rings is 1. The Morgan fingerprint density at radius 1 is 1.52 bits per heavy atom. The lowest BCUT2D eigenvalue weighted by atomic mass is 9.91. The zero-order chi connectivity index (χ0) is 15.6. The van der Waals surface area contributed by atoms with E-state index in [0.29, 0.717) is 12.8 Å². The molecule has 0 aromatic carbocycles. The first-order chi connectivity index (χ1) is 9.91. The van der Waals surface area contributed by atoms with E-state index in [0.717, 1.165) is 25.1 Å². The van der Waals surface area contributed by atoms with Crippen molar-refractivity contribution >= 4 is 17.4 Å². The molecule has 1 heterocycles. The topological polar surface area (TPSA) is 123 Å². The number of aliphatic hydroxyl groups is 1. The summed E-state index contributed by atoms with van der Waals surface area (Å²) in [5, 5.41) is 20.8. The number of carbonyl (C=O) groups excluding carboxylic acids is 1. The van der Waals surface area contributed by atoms with Crippen LogP contribution < -0.4 is 5.73 Å². The third-order valence-electron chi connectivity index (χ3n) is 3.86. The van der Waals surface area contributed by atoms with E-state index in [2.05, 4.69) is 4.98 Å². The van der Waals surface area contributed by atoms with Crippen LogP contribution in [0, 0.1) is 10.1 Å². The minimum Gasteiger partial charge on any atom is -0.391 e. The highest BCUT2D eigenvalue weighted by Crippen LogP contribution is 2.25. The van der Waals surface area contributed by atoms with E-state index >= 15 is 0 Å². The van der Waals surface area contributed by atoms with Gasteiger partial charge in [-0.1, -0.05) is 12.8 Å². The Kier molecular flexibility index (Phi) is 4.37. The van der Waals surface area contributed by atoms with Gasteiger partial charge in [-0.15, -0.1) is 0 Å². The van der Waals surface area contributed by atoms with Crippen molar-refractivity contribution in [3.05, 3.63) is 27.9 Å². The van der Waals surface area contributed by atoms with Gasteiger partial charge in [0.25, 0.3) is 11.6 Å². The first-order valence-corrected chi connectivity index (χ1v) is 6.77. The molecule has 3 N–H and O–H groups in total. The van der Waals surface area contributed by atoms with Gasteiger partial charge < -0.3 is 15.7 Å². The van der Waals surface area contributed by atoms with Crippen molar-refractivity contribution < 1.29 is 14.8 Å². The minimum atomic E-state index is -0.626. The molecular weight excluding hydrogens is 276 g/mol. The second kappa shape index (κ2) is 6.04. The van der Waals surface area contributed by atoms with Crippen LogP contribution in [0.4, 0.5) is 11.5 Å². The summed E-state index contributed by atoms with van der Waals surface area (Å²) >= 11 is 0. The molecule has 8 nitrogen and oxygen atoms in total. The maximum Gasteiger partial charge on any atom is 0.288 e. The third kappa shape index (κ3) is 3.10. The van der Waals surface area contributed by atoms with Crippen LogP contribution in [-0.2, 0) is 0 Å². The van der Waals surface area contributed by atoms with E-state index in [1.807, 2.05) is 0 Å². The van der Waals surface area contributed by atoms with Gasteiger partial charge in [-0.25, -0.2) is 4.98 Å². The molecule has 1 aliphatic carbocycles.